The van der Waals surface area contributed by atoms with Gasteiger partial charge in [0.25, 0.3) is 0 Å². The third-order valence-corrected chi connectivity index (χ3v) is 10.0. The molecule has 2 nitrogen and oxygen atoms in total. The Kier molecular flexibility index (Phi) is 10.4. The quantitative estimate of drug-likeness (QED) is 0.116. The normalized spacial score (nSPS) is 12.7. The second kappa shape index (κ2) is 15.5. The number of hydrogen-bond acceptors (Lipinski definition) is 2. The number of aromatic nitrogens is 2. The standard InChI is InChI=1S/C52H48N2/c1-51(2,3)43-19-11-37(12-20-43)7-9-41-17-25-47-46(24-16-40-29-33-54-34-30-40)50-36-42(10-8-38-13-21-44(22-14-38)52(4,5)6)18-26-48(50)45(49(47)35-41)23-15-39-27-31-53-32-28-39/h7-36H,1-6H3/b9-7+,10-8+,23-15+,24-16+. The highest BCUT2D eigenvalue weighted by Gasteiger charge is 2.15. The summed E-state index contributed by atoms with van der Waals surface area (Å²) in [5.74, 6) is 0. The van der Waals surface area contributed by atoms with Crippen LogP contribution in [0.5, 0.6) is 0 Å². The largest absolute Gasteiger partial charge is 0.265 e. The van der Waals surface area contributed by atoms with Gasteiger partial charge in [0, 0.05) is 24.8 Å². The van der Waals surface area contributed by atoms with Crippen LogP contribution in [-0.4, -0.2) is 9.97 Å². The minimum absolute atomic E-state index is 0.127. The van der Waals surface area contributed by atoms with Gasteiger partial charge >= 0.3 is 0 Å². The molecule has 0 spiro atoms. The van der Waals surface area contributed by atoms with Gasteiger partial charge < -0.3 is 0 Å². The Labute approximate surface area is 321 Å². The van der Waals surface area contributed by atoms with Crippen molar-refractivity contribution in [2.24, 2.45) is 0 Å². The lowest BCUT2D eigenvalue weighted by molar-refractivity contribution is 0.590. The number of fused-ring (bicyclic) bond motifs is 2. The zero-order valence-electron chi connectivity index (χ0n) is 32.2. The van der Waals surface area contributed by atoms with Crippen LogP contribution in [0.1, 0.15) is 97.2 Å². The monoisotopic (exact) mass is 700 g/mol. The molecule has 0 saturated heterocycles. The van der Waals surface area contributed by atoms with Crippen LogP contribution in [0.4, 0.5) is 0 Å². The zero-order valence-corrected chi connectivity index (χ0v) is 32.2. The molecular weight excluding hydrogens is 653 g/mol. The number of nitrogens with zero attached hydrogens (tertiary/aromatic N) is 2. The molecule has 0 fully saturated rings. The molecule has 0 aliphatic rings. The summed E-state index contributed by atoms with van der Waals surface area (Å²) in [5.41, 5.74) is 12.2. The first-order valence-corrected chi connectivity index (χ1v) is 18.8. The minimum atomic E-state index is 0.127. The summed E-state index contributed by atoms with van der Waals surface area (Å²) in [5, 5.41) is 4.81. The molecule has 0 unspecified atom stereocenters. The number of pyridine rings is 2. The van der Waals surface area contributed by atoms with Gasteiger partial charge in [-0.15, -0.1) is 0 Å². The molecule has 0 saturated carbocycles. The van der Waals surface area contributed by atoms with Crippen molar-refractivity contribution in [3.63, 3.8) is 0 Å². The van der Waals surface area contributed by atoms with Crippen LogP contribution in [0.2, 0.25) is 0 Å². The van der Waals surface area contributed by atoms with Crippen molar-refractivity contribution in [2.45, 2.75) is 52.4 Å². The molecule has 266 valence electrons. The fourth-order valence-corrected chi connectivity index (χ4v) is 6.78. The van der Waals surface area contributed by atoms with Crippen molar-refractivity contribution >= 4 is 70.2 Å². The summed E-state index contributed by atoms with van der Waals surface area (Å²) < 4.78 is 0. The van der Waals surface area contributed by atoms with Gasteiger partial charge in [0.05, 0.1) is 0 Å². The van der Waals surface area contributed by atoms with Crippen LogP contribution in [0.15, 0.2) is 134 Å². The molecule has 2 aromatic heterocycles. The highest BCUT2D eigenvalue weighted by Crippen LogP contribution is 2.37. The van der Waals surface area contributed by atoms with Gasteiger partial charge in [0.2, 0.25) is 0 Å². The van der Waals surface area contributed by atoms with Crippen molar-refractivity contribution < 1.29 is 0 Å². The average Bonchev–Trinajstić information content (AvgIpc) is 3.18. The van der Waals surface area contributed by atoms with E-state index in [1.54, 1.807) is 0 Å². The summed E-state index contributed by atoms with van der Waals surface area (Å²) >= 11 is 0. The average molecular weight is 701 g/mol. The van der Waals surface area contributed by atoms with E-state index in [4.69, 9.17) is 0 Å². The van der Waals surface area contributed by atoms with Gasteiger partial charge in [0.15, 0.2) is 0 Å². The van der Waals surface area contributed by atoms with Gasteiger partial charge in [-0.05, 0) is 124 Å². The van der Waals surface area contributed by atoms with E-state index in [-0.39, 0.29) is 10.8 Å². The van der Waals surface area contributed by atoms with Crippen LogP contribution in [-0.2, 0) is 10.8 Å². The predicted molar refractivity (Wildman–Crippen MR) is 236 cm³/mol. The summed E-state index contributed by atoms with van der Waals surface area (Å²) in [6.45, 7) is 13.5. The van der Waals surface area contributed by atoms with E-state index in [2.05, 4.69) is 185 Å². The smallest absolute Gasteiger partial charge is 0.0273 e. The minimum Gasteiger partial charge on any atom is -0.265 e. The SMILES string of the molecule is CC(C)(C)c1ccc(/C=C/c2ccc3c(/C=C/c4ccncc4)c4cc(/C=C/c5ccc(C(C)(C)C)cc5)ccc4c(/C=C/c4ccncc4)c3c2)cc1. The van der Waals surface area contributed by atoms with E-state index in [0.717, 1.165) is 22.3 Å². The highest BCUT2D eigenvalue weighted by molar-refractivity contribution is 6.15. The van der Waals surface area contributed by atoms with Gasteiger partial charge in [-0.2, -0.15) is 0 Å². The number of benzene rings is 5. The van der Waals surface area contributed by atoms with Gasteiger partial charge in [-0.1, -0.05) is 163 Å². The Morgan fingerprint density at radius 1 is 0.315 bits per heavy atom. The van der Waals surface area contributed by atoms with E-state index >= 15 is 0 Å². The van der Waals surface area contributed by atoms with Gasteiger partial charge in [-0.3, -0.25) is 9.97 Å². The molecule has 5 aromatic carbocycles. The summed E-state index contributed by atoms with van der Waals surface area (Å²) in [4.78, 5) is 8.47. The predicted octanol–water partition coefficient (Wildman–Crippen LogP) is 14.1. The Morgan fingerprint density at radius 2 is 0.611 bits per heavy atom. The molecule has 0 N–H and O–H groups in total. The zero-order chi connectivity index (χ0) is 37.7. The second-order valence-electron chi connectivity index (χ2n) is 16.1. The maximum Gasteiger partial charge on any atom is 0.0273 e. The Morgan fingerprint density at radius 3 is 0.963 bits per heavy atom. The van der Waals surface area contributed by atoms with E-state index in [0.29, 0.717) is 0 Å². The molecule has 0 atom stereocenters. The summed E-state index contributed by atoms with van der Waals surface area (Å²) in [7, 11) is 0. The molecule has 7 rings (SSSR count). The lowest BCUT2D eigenvalue weighted by atomic mass is 9.86. The van der Waals surface area contributed by atoms with E-state index in [1.165, 1.54) is 54.9 Å². The summed E-state index contributed by atoms with van der Waals surface area (Å²) in [6.07, 6.45) is 25.1. The highest BCUT2D eigenvalue weighted by atomic mass is 14.6. The Balaban J connectivity index is 1.38. The van der Waals surface area contributed by atoms with Crippen LogP contribution in [0.25, 0.3) is 70.2 Å². The van der Waals surface area contributed by atoms with Gasteiger partial charge in [0.1, 0.15) is 0 Å². The molecule has 0 amide bonds. The van der Waals surface area contributed by atoms with E-state index in [9.17, 15) is 0 Å². The van der Waals surface area contributed by atoms with E-state index < -0.39 is 0 Å². The van der Waals surface area contributed by atoms with Crippen molar-refractivity contribution in [3.8, 4) is 0 Å². The lowest BCUT2D eigenvalue weighted by Gasteiger charge is -2.18. The van der Waals surface area contributed by atoms with Crippen molar-refractivity contribution in [3.05, 3.63) is 190 Å². The Hall–Kier alpha value is -6.12. The molecule has 0 radical (unpaired) electrons. The fraction of sp³-hybridized carbons (Fsp3) is 0.154. The first-order valence-electron chi connectivity index (χ1n) is 18.8. The van der Waals surface area contributed by atoms with Crippen LogP contribution < -0.4 is 0 Å². The van der Waals surface area contributed by atoms with Crippen LogP contribution in [0.3, 0.4) is 0 Å². The van der Waals surface area contributed by atoms with Crippen molar-refractivity contribution in [1.29, 1.82) is 0 Å². The lowest BCUT2D eigenvalue weighted by Crippen LogP contribution is -2.10. The first-order chi connectivity index (χ1) is 26.0. The van der Waals surface area contributed by atoms with Crippen LogP contribution >= 0.6 is 0 Å². The first kappa shape index (κ1) is 36.2. The van der Waals surface area contributed by atoms with E-state index in [1.807, 2.05) is 49.1 Å². The molecule has 2 heteroatoms. The fourth-order valence-electron chi connectivity index (χ4n) is 6.78. The van der Waals surface area contributed by atoms with Crippen molar-refractivity contribution in [1.82, 2.24) is 9.97 Å². The topological polar surface area (TPSA) is 25.8 Å². The molecular formula is C52H48N2. The van der Waals surface area contributed by atoms with Gasteiger partial charge in [-0.25, -0.2) is 0 Å². The third kappa shape index (κ3) is 8.56. The maximum atomic E-state index is 4.24. The molecule has 2 heterocycles. The number of hydrogen-bond donors (Lipinski definition) is 0. The second-order valence-corrected chi connectivity index (χ2v) is 16.1. The molecule has 54 heavy (non-hydrogen) atoms. The summed E-state index contributed by atoms with van der Waals surface area (Å²) in [6, 6.07) is 39.7. The van der Waals surface area contributed by atoms with Crippen LogP contribution in [0, 0.1) is 0 Å². The molecule has 0 aliphatic carbocycles. The maximum absolute atomic E-state index is 4.24. The number of rotatable bonds is 8. The van der Waals surface area contributed by atoms with Crippen molar-refractivity contribution in [2.75, 3.05) is 0 Å². The Bertz CT molecular complexity index is 2320. The molecule has 0 aliphatic heterocycles. The molecule has 0 bridgehead atoms. The molecule has 7 aromatic rings. The third-order valence-electron chi connectivity index (χ3n) is 10.0.